The van der Waals surface area contributed by atoms with Crippen LogP contribution in [0.2, 0.25) is 0 Å². The molecule has 0 aromatic heterocycles. The topological polar surface area (TPSA) is 66.4 Å². The number of ketones is 1. The van der Waals surface area contributed by atoms with Crippen LogP contribution in [0.5, 0.6) is 0 Å². The number of carboxylic acid groups (broad SMARTS) is 1. The van der Waals surface area contributed by atoms with Gasteiger partial charge in [-0.1, -0.05) is 38.5 Å². The van der Waals surface area contributed by atoms with E-state index in [0.29, 0.717) is 5.69 Å². The van der Waals surface area contributed by atoms with Gasteiger partial charge in [0.15, 0.2) is 5.78 Å². The summed E-state index contributed by atoms with van der Waals surface area (Å²) in [6, 6.07) is 7.28. The Morgan fingerprint density at radius 3 is 2.11 bits per heavy atom. The standard InChI is InChI=1S/C15H19NO3/c1-10-5-7-11(8-6-10)16-12(14(18)19)9-13(17)15(2,3)4/h5-9,16H,1-4H3,(H,18,19)/b12-9-. The highest BCUT2D eigenvalue weighted by molar-refractivity contribution is 6.02. The third kappa shape index (κ3) is 4.58. The first-order valence-corrected chi connectivity index (χ1v) is 6.03. The van der Waals surface area contributed by atoms with E-state index in [1.165, 1.54) is 0 Å². The van der Waals surface area contributed by atoms with Crippen molar-refractivity contribution in [1.82, 2.24) is 0 Å². The summed E-state index contributed by atoms with van der Waals surface area (Å²) in [5.74, 6) is -1.39. The lowest BCUT2D eigenvalue weighted by molar-refractivity contribution is -0.133. The maximum atomic E-state index is 11.8. The van der Waals surface area contributed by atoms with Crippen molar-refractivity contribution in [3.05, 3.63) is 41.6 Å². The monoisotopic (exact) mass is 261 g/mol. The Kier molecular flexibility index (Phi) is 4.48. The van der Waals surface area contributed by atoms with E-state index in [-0.39, 0.29) is 11.5 Å². The van der Waals surface area contributed by atoms with E-state index in [1.807, 2.05) is 19.1 Å². The van der Waals surface area contributed by atoms with Gasteiger partial charge in [0, 0.05) is 17.2 Å². The molecule has 2 N–H and O–H groups in total. The Labute approximate surface area is 113 Å². The molecule has 0 aliphatic rings. The second-order valence-electron chi connectivity index (χ2n) is 5.47. The fraction of sp³-hybridized carbons (Fsp3) is 0.333. The minimum absolute atomic E-state index is 0.122. The molecular weight excluding hydrogens is 242 g/mol. The fourth-order valence-corrected chi connectivity index (χ4v) is 1.29. The van der Waals surface area contributed by atoms with Crippen LogP contribution in [0.3, 0.4) is 0 Å². The van der Waals surface area contributed by atoms with Gasteiger partial charge in [-0.2, -0.15) is 0 Å². The van der Waals surface area contributed by atoms with E-state index in [1.54, 1.807) is 32.9 Å². The lowest BCUT2D eigenvalue weighted by Crippen LogP contribution is -2.21. The number of hydrogen-bond acceptors (Lipinski definition) is 3. The van der Waals surface area contributed by atoms with E-state index in [2.05, 4.69) is 5.32 Å². The number of carbonyl (C=O) groups is 2. The normalized spacial score (nSPS) is 12.1. The van der Waals surface area contributed by atoms with Gasteiger partial charge in [0.1, 0.15) is 5.70 Å². The first kappa shape index (κ1) is 15.0. The Hall–Kier alpha value is -2.10. The number of hydrogen-bond donors (Lipinski definition) is 2. The molecule has 19 heavy (non-hydrogen) atoms. The van der Waals surface area contributed by atoms with Crippen molar-refractivity contribution in [2.45, 2.75) is 27.7 Å². The van der Waals surface area contributed by atoms with Gasteiger partial charge in [-0.15, -0.1) is 0 Å². The van der Waals surface area contributed by atoms with Crippen LogP contribution in [-0.2, 0) is 9.59 Å². The average molecular weight is 261 g/mol. The summed E-state index contributed by atoms with van der Waals surface area (Å²) in [7, 11) is 0. The van der Waals surface area contributed by atoms with Gasteiger partial charge in [-0.3, -0.25) is 4.79 Å². The van der Waals surface area contributed by atoms with Crippen LogP contribution >= 0.6 is 0 Å². The third-order valence-electron chi connectivity index (χ3n) is 2.58. The average Bonchev–Trinajstić information content (AvgIpc) is 2.29. The summed E-state index contributed by atoms with van der Waals surface area (Å²) in [6.07, 6.45) is 1.14. The van der Waals surface area contributed by atoms with Crippen molar-refractivity contribution in [1.29, 1.82) is 0 Å². The third-order valence-corrected chi connectivity index (χ3v) is 2.58. The number of anilines is 1. The van der Waals surface area contributed by atoms with Gasteiger partial charge in [0.2, 0.25) is 0 Å². The second-order valence-corrected chi connectivity index (χ2v) is 5.47. The molecular formula is C15H19NO3. The zero-order valence-electron chi connectivity index (χ0n) is 11.7. The van der Waals surface area contributed by atoms with E-state index in [9.17, 15) is 9.59 Å². The minimum atomic E-state index is -1.15. The highest BCUT2D eigenvalue weighted by atomic mass is 16.4. The molecule has 1 rings (SSSR count). The van der Waals surface area contributed by atoms with Crippen molar-refractivity contribution in [3.63, 3.8) is 0 Å². The predicted octanol–water partition coefficient (Wildman–Crippen LogP) is 2.99. The maximum Gasteiger partial charge on any atom is 0.352 e. The van der Waals surface area contributed by atoms with Crippen LogP contribution < -0.4 is 5.32 Å². The van der Waals surface area contributed by atoms with E-state index in [4.69, 9.17) is 5.11 Å². The van der Waals surface area contributed by atoms with Gasteiger partial charge in [-0.05, 0) is 19.1 Å². The molecule has 0 amide bonds. The molecule has 0 saturated heterocycles. The van der Waals surface area contributed by atoms with E-state index >= 15 is 0 Å². The van der Waals surface area contributed by atoms with Crippen LogP contribution in [-0.4, -0.2) is 16.9 Å². The Morgan fingerprint density at radius 2 is 1.68 bits per heavy atom. The van der Waals surface area contributed by atoms with E-state index < -0.39 is 11.4 Å². The van der Waals surface area contributed by atoms with Crippen LogP contribution in [0.4, 0.5) is 5.69 Å². The highest BCUT2D eigenvalue weighted by Gasteiger charge is 2.21. The summed E-state index contributed by atoms with van der Waals surface area (Å²) >= 11 is 0. The molecule has 0 heterocycles. The molecule has 4 heteroatoms. The number of carboxylic acids is 1. The number of aliphatic carboxylic acids is 1. The van der Waals surface area contributed by atoms with Crippen LogP contribution in [0.1, 0.15) is 26.3 Å². The van der Waals surface area contributed by atoms with Crippen LogP contribution in [0.15, 0.2) is 36.0 Å². The zero-order chi connectivity index (χ0) is 14.6. The summed E-state index contributed by atoms with van der Waals surface area (Å²) in [4.78, 5) is 23.0. The van der Waals surface area contributed by atoms with Crippen molar-refractivity contribution >= 4 is 17.4 Å². The van der Waals surface area contributed by atoms with Crippen molar-refractivity contribution in [2.75, 3.05) is 5.32 Å². The molecule has 102 valence electrons. The number of allylic oxidation sites excluding steroid dienone is 1. The summed E-state index contributed by atoms with van der Waals surface area (Å²) < 4.78 is 0. The molecule has 0 fully saturated rings. The zero-order valence-corrected chi connectivity index (χ0v) is 11.7. The summed E-state index contributed by atoms with van der Waals surface area (Å²) in [6.45, 7) is 7.19. The Bertz CT molecular complexity index is 507. The van der Waals surface area contributed by atoms with Gasteiger partial charge in [0.25, 0.3) is 0 Å². The van der Waals surface area contributed by atoms with Crippen LogP contribution in [0, 0.1) is 12.3 Å². The molecule has 1 aromatic rings. The molecule has 0 aliphatic heterocycles. The first-order chi connectivity index (χ1) is 8.70. The number of rotatable bonds is 4. The minimum Gasteiger partial charge on any atom is -0.477 e. The smallest absolute Gasteiger partial charge is 0.352 e. The Balaban J connectivity index is 2.97. The Morgan fingerprint density at radius 1 is 1.16 bits per heavy atom. The maximum absolute atomic E-state index is 11.8. The molecule has 1 aromatic carbocycles. The van der Waals surface area contributed by atoms with Crippen molar-refractivity contribution < 1.29 is 14.7 Å². The molecule has 0 saturated carbocycles. The predicted molar refractivity (Wildman–Crippen MR) is 75.0 cm³/mol. The number of aryl methyl sites for hydroxylation is 1. The summed E-state index contributed by atoms with van der Waals surface area (Å²) in [5.41, 5.74) is 0.997. The fourth-order valence-electron chi connectivity index (χ4n) is 1.29. The number of benzene rings is 1. The molecule has 0 bridgehead atoms. The number of carbonyl (C=O) groups excluding carboxylic acids is 1. The molecule has 0 aliphatic carbocycles. The molecule has 0 spiro atoms. The van der Waals surface area contributed by atoms with Crippen LogP contribution in [0.25, 0.3) is 0 Å². The quantitative estimate of drug-likeness (QED) is 0.818. The van der Waals surface area contributed by atoms with Gasteiger partial charge >= 0.3 is 5.97 Å². The lowest BCUT2D eigenvalue weighted by atomic mass is 9.90. The van der Waals surface area contributed by atoms with Gasteiger partial charge < -0.3 is 10.4 Å². The number of nitrogens with one attached hydrogen (secondary N) is 1. The molecule has 0 atom stereocenters. The molecule has 0 unspecified atom stereocenters. The summed E-state index contributed by atoms with van der Waals surface area (Å²) in [5, 5.41) is 11.9. The van der Waals surface area contributed by atoms with Crippen molar-refractivity contribution in [2.24, 2.45) is 5.41 Å². The SMILES string of the molecule is Cc1ccc(N/C(=C\C(=O)C(C)(C)C)C(=O)O)cc1. The van der Waals surface area contributed by atoms with Crippen molar-refractivity contribution in [3.8, 4) is 0 Å². The lowest BCUT2D eigenvalue weighted by Gasteiger charge is -2.15. The van der Waals surface area contributed by atoms with Gasteiger partial charge in [0.05, 0.1) is 0 Å². The molecule has 4 nitrogen and oxygen atoms in total. The van der Waals surface area contributed by atoms with Gasteiger partial charge in [-0.25, -0.2) is 4.79 Å². The highest BCUT2D eigenvalue weighted by Crippen LogP contribution is 2.17. The largest absolute Gasteiger partial charge is 0.477 e. The second kappa shape index (κ2) is 5.69. The van der Waals surface area contributed by atoms with E-state index in [0.717, 1.165) is 11.6 Å². The first-order valence-electron chi connectivity index (χ1n) is 6.03. The molecule has 0 radical (unpaired) electrons.